The van der Waals surface area contributed by atoms with Crippen LogP contribution >= 0.6 is 0 Å². The second-order valence-corrected chi connectivity index (χ2v) is 30.0. The first-order valence-electron chi connectivity index (χ1n) is 28.5. The number of ether oxygens (including phenoxy) is 8. The summed E-state index contributed by atoms with van der Waals surface area (Å²) in [5.41, 5.74) is 2.68. The van der Waals surface area contributed by atoms with Crippen molar-refractivity contribution in [3.05, 3.63) is 109 Å². The minimum Gasteiger partial charge on any atom is -0.410 e. The molecule has 0 aliphatic carbocycles. The standard InChI is InChI=1S/C63H88O9Si/c1-13-19-56(64-36-45-24-26-47-20-14-16-22-49(47)32-45)62(12)57(72-73(38(2)3,39(4)5)40(6)7)35-53-54(70-62)31-41(8)30-51-52(67-53)34-55-58(68-51)43(10)59(65-37-46-25-27-48-21-15-17-23-50(48)33-46)61-60(69-55)42(9)44(11)63(71-61)28-18-29-66-63/h13-17,20-27,32-33,38-44,51-61H,1,18-19,28-31,34-37H2,2-12H3/t41-,42+,43-,44+,51+,52-,53+,54-,55+,56-,57-,58-,59?,60-,61+,62+,63-/m1/s1. The lowest BCUT2D eigenvalue weighted by atomic mass is 9.76. The number of hydrogen-bond acceptors (Lipinski definition) is 9. The van der Waals surface area contributed by atoms with Crippen LogP contribution in [0.4, 0.5) is 0 Å². The molecule has 0 aromatic heterocycles. The molecule has 0 N–H and O–H groups in total. The summed E-state index contributed by atoms with van der Waals surface area (Å²) in [4.78, 5) is 0. The van der Waals surface area contributed by atoms with Crippen molar-refractivity contribution in [2.24, 2.45) is 23.7 Å². The monoisotopic (exact) mass is 1020 g/mol. The molecule has 0 saturated carbocycles. The molecule has 4 aromatic rings. The average Bonchev–Trinajstić information content (AvgIpc) is 3.81. The Morgan fingerprint density at radius 3 is 1.85 bits per heavy atom. The molecule has 0 bridgehead atoms. The number of benzene rings is 4. The van der Waals surface area contributed by atoms with E-state index in [1.54, 1.807) is 0 Å². The van der Waals surface area contributed by atoms with E-state index in [0.717, 1.165) is 43.2 Å². The van der Waals surface area contributed by atoms with Crippen LogP contribution in [0.1, 0.15) is 132 Å². The minimum absolute atomic E-state index is 0.0250. The van der Waals surface area contributed by atoms with E-state index in [-0.39, 0.29) is 84.9 Å². The fraction of sp³-hybridized carbons (Fsp3) is 0.651. The molecule has 10 heteroatoms. The third kappa shape index (κ3) is 10.2. The molecule has 1 unspecified atom stereocenters. The highest BCUT2D eigenvalue weighted by atomic mass is 28.4. The summed E-state index contributed by atoms with van der Waals surface area (Å²) < 4.78 is 66.4. The maximum absolute atomic E-state index is 7.95. The van der Waals surface area contributed by atoms with Crippen LogP contribution in [-0.4, -0.2) is 93.5 Å². The first kappa shape index (κ1) is 53.4. The van der Waals surface area contributed by atoms with Crippen LogP contribution in [0.25, 0.3) is 21.5 Å². The van der Waals surface area contributed by atoms with E-state index in [1.165, 1.54) is 21.5 Å². The van der Waals surface area contributed by atoms with E-state index in [9.17, 15) is 0 Å². The van der Waals surface area contributed by atoms with Gasteiger partial charge in [-0.3, -0.25) is 0 Å². The average molecular weight is 1020 g/mol. The van der Waals surface area contributed by atoms with Crippen molar-refractivity contribution in [1.29, 1.82) is 0 Å². The Bertz CT molecular complexity index is 2480. The second kappa shape index (κ2) is 21.8. The fourth-order valence-electron chi connectivity index (χ4n) is 15.0. The van der Waals surface area contributed by atoms with Gasteiger partial charge in [0, 0.05) is 31.1 Å². The van der Waals surface area contributed by atoms with Gasteiger partial charge in [0.05, 0.1) is 80.9 Å². The molecule has 17 atom stereocenters. The second-order valence-electron chi connectivity index (χ2n) is 24.6. The molecule has 6 saturated heterocycles. The minimum atomic E-state index is -2.44. The molecule has 6 heterocycles. The molecule has 1 spiro atoms. The number of hydrogen-bond donors (Lipinski definition) is 0. The molecular weight excluding hydrogens is 929 g/mol. The lowest BCUT2D eigenvalue weighted by Gasteiger charge is -2.57. The van der Waals surface area contributed by atoms with Gasteiger partial charge in [-0.05, 0) is 106 Å². The van der Waals surface area contributed by atoms with E-state index < -0.39 is 19.7 Å². The lowest BCUT2D eigenvalue weighted by Crippen LogP contribution is -2.67. The summed E-state index contributed by atoms with van der Waals surface area (Å²) in [7, 11) is -2.44. The van der Waals surface area contributed by atoms with Crippen LogP contribution < -0.4 is 0 Å². The predicted octanol–water partition coefficient (Wildman–Crippen LogP) is 14.1. The molecule has 73 heavy (non-hydrogen) atoms. The number of fused-ring (bicyclic) bond motifs is 6. The smallest absolute Gasteiger partial charge is 0.200 e. The van der Waals surface area contributed by atoms with E-state index in [4.69, 9.17) is 42.3 Å². The SMILES string of the molecule is C=CC[C@@H](OCc1ccc2ccccc2c1)[C@]1(C)O[C@@H]2C[C@H](C)C[C@@H]3O[C@H]4[C@H](C[C@H]3O[C@H]2C[C@H]1O[Si](C(C)C)(C(C)C)C(C)C)O[C@@H]1[C@@H](C)[C@H](C)[C@@]2(CCCO2)O[C@H]1C(OCc1ccc2ccccc2c1)[C@@H]4C. The van der Waals surface area contributed by atoms with Gasteiger partial charge >= 0.3 is 0 Å². The van der Waals surface area contributed by atoms with Crippen molar-refractivity contribution in [1.82, 2.24) is 0 Å². The normalized spacial score (nSPS) is 37.3. The molecule has 6 aliphatic rings. The van der Waals surface area contributed by atoms with Crippen LogP contribution in [0.5, 0.6) is 0 Å². The van der Waals surface area contributed by atoms with Gasteiger partial charge in [0.2, 0.25) is 8.32 Å². The summed E-state index contributed by atoms with van der Waals surface area (Å²) in [5, 5.41) is 4.87. The molecule has 10 rings (SSSR count). The third-order valence-electron chi connectivity index (χ3n) is 19.1. The Morgan fingerprint density at radius 1 is 0.644 bits per heavy atom. The quantitative estimate of drug-likeness (QED) is 0.0906. The van der Waals surface area contributed by atoms with E-state index >= 15 is 0 Å². The lowest BCUT2D eigenvalue weighted by molar-refractivity contribution is -0.342. The van der Waals surface area contributed by atoms with E-state index in [0.29, 0.717) is 55.2 Å². The molecule has 6 aliphatic heterocycles. The zero-order chi connectivity index (χ0) is 51.4. The van der Waals surface area contributed by atoms with Crippen molar-refractivity contribution >= 4 is 29.9 Å². The Hall–Kier alpha value is -3.00. The Labute approximate surface area is 438 Å². The van der Waals surface area contributed by atoms with Crippen LogP contribution in [0.3, 0.4) is 0 Å². The number of rotatable bonds is 14. The highest BCUT2D eigenvalue weighted by molar-refractivity contribution is 6.77. The van der Waals surface area contributed by atoms with Gasteiger partial charge in [-0.25, -0.2) is 0 Å². The molecule has 6 fully saturated rings. The molecule has 4 aromatic carbocycles. The first-order chi connectivity index (χ1) is 35.0. The van der Waals surface area contributed by atoms with Crippen LogP contribution in [0.15, 0.2) is 97.6 Å². The van der Waals surface area contributed by atoms with Crippen molar-refractivity contribution < 1.29 is 42.3 Å². The highest BCUT2D eigenvalue weighted by Crippen LogP contribution is 2.53. The molecular formula is C63H88O9Si. The van der Waals surface area contributed by atoms with Crippen molar-refractivity contribution in [3.8, 4) is 0 Å². The zero-order valence-electron chi connectivity index (χ0n) is 46.0. The van der Waals surface area contributed by atoms with Gasteiger partial charge in [-0.2, -0.15) is 0 Å². The maximum atomic E-state index is 7.95. The van der Waals surface area contributed by atoms with Gasteiger partial charge in [0.25, 0.3) is 0 Å². The molecule has 0 amide bonds. The van der Waals surface area contributed by atoms with Crippen molar-refractivity contribution in [2.45, 2.75) is 229 Å². The fourth-order valence-corrected chi connectivity index (χ4v) is 20.6. The van der Waals surface area contributed by atoms with Crippen molar-refractivity contribution in [2.75, 3.05) is 6.61 Å². The predicted molar refractivity (Wildman–Crippen MR) is 293 cm³/mol. The summed E-state index contributed by atoms with van der Waals surface area (Å²) >= 11 is 0. The van der Waals surface area contributed by atoms with Gasteiger partial charge in [0.15, 0.2) is 5.79 Å². The van der Waals surface area contributed by atoms with Gasteiger partial charge in [-0.1, -0.05) is 148 Å². The van der Waals surface area contributed by atoms with Crippen molar-refractivity contribution in [3.63, 3.8) is 0 Å². The summed E-state index contributed by atoms with van der Waals surface area (Å²) in [6, 6.07) is 30.3. The van der Waals surface area contributed by atoms with Crippen LogP contribution in [0, 0.1) is 23.7 Å². The van der Waals surface area contributed by atoms with E-state index in [1.807, 2.05) is 6.08 Å². The highest BCUT2D eigenvalue weighted by Gasteiger charge is 2.62. The third-order valence-corrected chi connectivity index (χ3v) is 25.2. The van der Waals surface area contributed by atoms with Crippen LogP contribution in [0.2, 0.25) is 16.6 Å². The summed E-state index contributed by atoms with van der Waals surface area (Å²) in [5.74, 6) is -0.0589. The molecule has 9 nitrogen and oxygen atoms in total. The van der Waals surface area contributed by atoms with Gasteiger partial charge in [0.1, 0.15) is 11.7 Å². The zero-order valence-corrected chi connectivity index (χ0v) is 47.0. The Kier molecular flexibility index (Phi) is 15.9. The maximum Gasteiger partial charge on any atom is 0.200 e. The first-order valence-corrected chi connectivity index (χ1v) is 30.6. The Morgan fingerprint density at radius 2 is 1.23 bits per heavy atom. The topological polar surface area (TPSA) is 83.1 Å². The molecule has 398 valence electrons. The Balaban J connectivity index is 0.947. The largest absolute Gasteiger partial charge is 0.410 e. The molecule has 0 radical (unpaired) electrons. The summed E-state index contributed by atoms with van der Waals surface area (Å²) in [6.07, 6.45) is 5.14. The van der Waals surface area contributed by atoms with Gasteiger partial charge < -0.3 is 42.3 Å². The summed E-state index contributed by atoms with van der Waals surface area (Å²) in [6.45, 7) is 31.7. The van der Waals surface area contributed by atoms with E-state index in [2.05, 4.69) is 168 Å². The van der Waals surface area contributed by atoms with Crippen LogP contribution in [-0.2, 0) is 55.5 Å². The van der Waals surface area contributed by atoms with Gasteiger partial charge in [-0.15, -0.1) is 6.58 Å².